The lowest BCUT2D eigenvalue weighted by Crippen LogP contribution is -2.34. The summed E-state index contributed by atoms with van der Waals surface area (Å²) in [6, 6.07) is 10.8. The maximum absolute atomic E-state index is 12.1. The Morgan fingerprint density at radius 3 is 2.62 bits per heavy atom. The van der Waals surface area contributed by atoms with Gasteiger partial charge in [0.05, 0.1) is 18.6 Å². The Morgan fingerprint density at radius 2 is 1.92 bits per heavy atom. The van der Waals surface area contributed by atoms with Gasteiger partial charge in [0.1, 0.15) is 0 Å². The monoisotopic (exact) mass is 327 g/mol. The molecule has 0 bridgehead atoms. The van der Waals surface area contributed by atoms with Crippen LogP contribution in [-0.4, -0.2) is 18.5 Å². The van der Waals surface area contributed by atoms with Crippen molar-refractivity contribution < 1.29 is 18.9 Å². The number of pyridine rings is 1. The number of hydrogen-bond donors (Lipinski definition) is 1. The van der Waals surface area contributed by atoms with Gasteiger partial charge in [-0.15, -0.1) is 0 Å². The third-order valence-electron chi connectivity index (χ3n) is 3.47. The first kappa shape index (κ1) is 17.7. The molecule has 1 amide bonds. The zero-order valence-electron chi connectivity index (χ0n) is 14.1. The van der Waals surface area contributed by atoms with Gasteiger partial charge in [-0.25, -0.2) is 9.36 Å². The number of aryl methyl sites for hydroxylation is 2. The fraction of sp³-hybridized carbons (Fsp3) is 0.316. The van der Waals surface area contributed by atoms with Crippen LogP contribution in [0.4, 0.5) is 5.69 Å². The fourth-order valence-corrected chi connectivity index (χ4v) is 2.14. The molecule has 2 aromatic rings. The van der Waals surface area contributed by atoms with Gasteiger partial charge < -0.3 is 10.1 Å². The first-order chi connectivity index (χ1) is 11.6. The van der Waals surface area contributed by atoms with Crippen LogP contribution in [0.15, 0.2) is 48.8 Å². The van der Waals surface area contributed by atoms with Crippen molar-refractivity contribution in [3.63, 3.8) is 0 Å². The molecular weight excluding hydrogens is 304 g/mol. The Kier molecular flexibility index (Phi) is 6.49. The number of rotatable bonds is 7. The first-order valence-electron chi connectivity index (χ1n) is 8.11. The van der Waals surface area contributed by atoms with Crippen molar-refractivity contribution in [2.45, 2.75) is 33.2 Å². The van der Waals surface area contributed by atoms with Gasteiger partial charge in [-0.3, -0.25) is 4.79 Å². The lowest BCUT2D eigenvalue weighted by Gasteiger charge is -2.07. The average molecular weight is 327 g/mol. The van der Waals surface area contributed by atoms with Gasteiger partial charge >= 0.3 is 5.97 Å². The molecule has 0 saturated heterocycles. The second-order valence-corrected chi connectivity index (χ2v) is 5.63. The molecule has 0 atom stereocenters. The number of carbonyl (C=O) groups excluding carboxylic acids is 2. The van der Waals surface area contributed by atoms with Crippen molar-refractivity contribution >= 4 is 17.6 Å². The number of ether oxygens (including phenoxy) is 1. The quantitative estimate of drug-likeness (QED) is 0.628. The molecule has 2 rings (SSSR count). The molecule has 0 unspecified atom stereocenters. The molecule has 0 fully saturated rings. The van der Waals surface area contributed by atoms with Gasteiger partial charge in [-0.2, -0.15) is 0 Å². The van der Waals surface area contributed by atoms with Crippen molar-refractivity contribution in [1.82, 2.24) is 0 Å². The third-order valence-corrected chi connectivity index (χ3v) is 3.47. The van der Waals surface area contributed by atoms with Crippen molar-refractivity contribution in [3.05, 3.63) is 59.9 Å². The van der Waals surface area contributed by atoms with E-state index >= 15 is 0 Å². The van der Waals surface area contributed by atoms with E-state index in [0.29, 0.717) is 30.8 Å². The van der Waals surface area contributed by atoms with Crippen molar-refractivity contribution in [3.8, 4) is 0 Å². The molecule has 0 aliphatic rings. The number of benzene rings is 1. The minimum absolute atomic E-state index is 0.0952. The number of hydrogen-bond acceptors (Lipinski definition) is 3. The molecule has 0 spiro atoms. The Labute approximate surface area is 142 Å². The molecule has 126 valence electrons. The van der Waals surface area contributed by atoms with E-state index in [-0.39, 0.29) is 11.9 Å². The van der Waals surface area contributed by atoms with Crippen LogP contribution in [0.1, 0.15) is 35.7 Å². The van der Waals surface area contributed by atoms with Crippen LogP contribution < -0.4 is 9.88 Å². The third kappa shape index (κ3) is 5.50. The Bertz CT molecular complexity index is 696. The zero-order valence-corrected chi connectivity index (χ0v) is 14.1. The minimum Gasteiger partial charge on any atom is -0.462 e. The number of anilines is 1. The van der Waals surface area contributed by atoms with E-state index in [1.54, 1.807) is 24.3 Å². The van der Waals surface area contributed by atoms with Crippen LogP contribution in [0.3, 0.4) is 0 Å². The number of esters is 1. The maximum atomic E-state index is 12.1. The lowest BCUT2D eigenvalue weighted by atomic mass is 10.2. The number of aromatic nitrogens is 1. The average Bonchev–Trinajstić information content (AvgIpc) is 2.59. The second kappa shape index (κ2) is 8.82. The minimum atomic E-state index is -0.372. The molecule has 1 aromatic carbocycles. The molecule has 0 saturated carbocycles. The standard InChI is InChI=1S/C19H22N2O3/c1-3-13-24-19(23)16-5-4-6-17(14-16)20-18(22)9-12-21-10-7-15(2)8-11-21/h4-8,10-11,14H,3,9,12-13H2,1-2H3/p+1. The Hall–Kier alpha value is -2.69. The number of nitrogens with one attached hydrogen (secondary N) is 1. The molecule has 1 aromatic heterocycles. The molecule has 0 aliphatic heterocycles. The normalized spacial score (nSPS) is 10.2. The molecule has 24 heavy (non-hydrogen) atoms. The van der Waals surface area contributed by atoms with E-state index in [2.05, 4.69) is 5.32 Å². The van der Waals surface area contributed by atoms with Crippen molar-refractivity contribution in [2.75, 3.05) is 11.9 Å². The van der Waals surface area contributed by atoms with E-state index < -0.39 is 0 Å². The molecule has 0 radical (unpaired) electrons. The van der Waals surface area contributed by atoms with E-state index in [1.807, 2.05) is 42.9 Å². The Morgan fingerprint density at radius 1 is 1.17 bits per heavy atom. The smallest absolute Gasteiger partial charge is 0.338 e. The van der Waals surface area contributed by atoms with Crippen LogP contribution >= 0.6 is 0 Å². The van der Waals surface area contributed by atoms with Crippen molar-refractivity contribution in [2.24, 2.45) is 0 Å². The fourth-order valence-electron chi connectivity index (χ4n) is 2.14. The topological polar surface area (TPSA) is 59.3 Å². The molecule has 1 N–H and O–H groups in total. The van der Waals surface area contributed by atoms with Gasteiger partial charge in [0.25, 0.3) is 0 Å². The number of amides is 1. The van der Waals surface area contributed by atoms with Gasteiger partial charge in [0, 0.05) is 17.8 Å². The highest BCUT2D eigenvalue weighted by Crippen LogP contribution is 2.12. The summed E-state index contributed by atoms with van der Waals surface area (Å²) < 4.78 is 7.06. The Balaban J connectivity index is 1.89. The predicted molar refractivity (Wildman–Crippen MR) is 91.6 cm³/mol. The van der Waals surface area contributed by atoms with E-state index in [1.165, 1.54) is 5.56 Å². The van der Waals surface area contributed by atoms with Crippen molar-refractivity contribution in [1.29, 1.82) is 0 Å². The summed E-state index contributed by atoms with van der Waals surface area (Å²) in [6.07, 6.45) is 5.04. The van der Waals surface area contributed by atoms with Crippen LogP contribution in [0.5, 0.6) is 0 Å². The molecule has 5 nitrogen and oxygen atoms in total. The van der Waals surface area contributed by atoms with E-state index in [9.17, 15) is 9.59 Å². The maximum Gasteiger partial charge on any atom is 0.338 e. The summed E-state index contributed by atoms with van der Waals surface area (Å²) in [7, 11) is 0. The van der Waals surface area contributed by atoms with Crippen LogP contribution in [0.25, 0.3) is 0 Å². The van der Waals surface area contributed by atoms with Crippen LogP contribution in [0, 0.1) is 6.92 Å². The van der Waals surface area contributed by atoms with E-state index in [4.69, 9.17) is 4.74 Å². The molecule has 1 heterocycles. The second-order valence-electron chi connectivity index (χ2n) is 5.63. The first-order valence-corrected chi connectivity index (χ1v) is 8.11. The molecule has 5 heteroatoms. The largest absolute Gasteiger partial charge is 0.462 e. The lowest BCUT2D eigenvalue weighted by molar-refractivity contribution is -0.695. The summed E-state index contributed by atoms with van der Waals surface area (Å²) in [5, 5.41) is 2.81. The molecule has 0 aliphatic carbocycles. The highest BCUT2D eigenvalue weighted by molar-refractivity contribution is 5.94. The summed E-state index contributed by atoms with van der Waals surface area (Å²) in [6.45, 7) is 4.96. The predicted octanol–water partition coefficient (Wildman–Crippen LogP) is 2.88. The number of nitrogens with zero attached hydrogens (tertiary/aromatic N) is 1. The SMILES string of the molecule is CCCOC(=O)c1cccc(NC(=O)CC[n+]2ccc(C)cc2)c1. The summed E-state index contributed by atoms with van der Waals surface area (Å²) in [4.78, 5) is 23.9. The highest BCUT2D eigenvalue weighted by atomic mass is 16.5. The summed E-state index contributed by atoms with van der Waals surface area (Å²) in [5.74, 6) is -0.467. The van der Waals surface area contributed by atoms with Gasteiger partial charge in [-0.1, -0.05) is 13.0 Å². The van der Waals surface area contributed by atoms with Crippen LogP contribution in [0.2, 0.25) is 0 Å². The zero-order chi connectivity index (χ0) is 17.4. The van der Waals surface area contributed by atoms with E-state index in [0.717, 1.165) is 6.42 Å². The van der Waals surface area contributed by atoms with Gasteiger partial charge in [0.15, 0.2) is 18.9 Å². The summed E-state index contributed by atoms with van der Waals surface area (Å²) >= 11 is 0. The highest BCUT2D eigenvalue weighted by Gasteiger charge is 2.10. The number of carbonyl (C=O) groups is 2. The molecular formula is C19H23N2O3+. The summed E-state index contributed by atoms with van der Waals surface area (Å²) in [5.41, 5.74) is 2.22. The van der Waals surface area contributed by atoms with Crippen LogP contribution in [-0.2, 0) is 16.1 Å². The van der Waals surface area contributed by atoms with Gasteiger partial charge in [0.2, 0.25) is 5.91 Å². The van der Waals surface area contributed by atoms with Gasteiger partial charge in [-0.05, 0) is 37.1 Å².